The lowest BCUT2D eigenvalue weighted by molar-refractivity contribution is 0.377. The van der Waals surface area contributed by atoms with Gasteiger partial charge in [-0.05, 0) is 29.2 Å². The van der Waals surface area contributed by atoms with Crippen LogP contribution in [0.3, 0.4) is 0 Å². The van der Waals surface area contributed by atoms with Crippen LogP contribution in [-0.2, 0) is 20.8 Å². The number of hydrogen-bond donors (Lipinski definition) is 2. The molecule has 0 aliphatic rings. The highest BCUT2D eigenvalue weighted by Gasteiger charge is 2.23. The molecular weight excluding hydrogens is 396 g/mol. The molecule has 0 aliphatic carbocycles. The number of rotatable bonds is 7. The molecule has 0 spiro atoms. The summed E-state index contributed by atoms with van der Waals surface area (Å²) in [5, 5.41) is 0. The van der Waals surface area contributed by atoms with Gasteiger partial charge in [0.2, 0.25) is 0 Å². The standard InChI is InChI=1S/C17H18O8S2/c1-12(2)17-15(24-26(18,19)20)10-14(11-16(17)25-27(21,22)23)9-8-13-6-4-3-5-7-13/h3-12H,1-2H3,(H,18,19,20)(H,21,22,23)/b9-8+. The lowest BCUT2D eigenvalue weighted by Crippen LogP contribution is -2.13. The van der Waals surface area contributed by atoms with Crippen LogP contribution in [0.1, 0.15) is 36.5 Å². The van der Waals surface area contributed by atoms with E-state index >= 15 is 0 Å². The van der Waals surface area contributed by atoms with Crippen LogP contribution in [0.2, 0.25) is 0 Å². The highest BCUT2D eigenvalue weighted by molar-refractivity contribution is 7.81. The minimum absolute atomic E-state index is 0.0436. The van der Waals surface area contributed by atoms with Gasteiger partial charge in [-0.2, -0.15) is 16.8 Å². The first-order valence-corrected chi connectivity index (χ1v) is 10.4. The van der Waals surface area contributed by atoms with Crippen LogP contribution >= 0.6 is 0 Å². The zero-order chi connectivity index (χ0) is 20.2. The molecule has 0 unspecified atom stereocenters. The predicted octanol–water partition coefficient (Wildman–Crippen LogP) is 3.34. The molecule has 0 fully saturated rings. The van der Waals surface area contributed by atoms with Crippen molar-refractivity contribution in [3.8, 4) is 11.5 Å². The van der Waals surface area contributed by atoms with Gasteiger partial charge in [0, 0.05) is 5.56 Å². The van der Waals surface area contributed by atoms with Crippen LogP contribution in [0.5, 0.6) is 11.5 Å². The molecule has 2 aromatic carbocycles. The van der Waals surface area contributed by atoms with E-state index < -0.39 is 26.7 Å². The largest absolute Gasteiger partial charge is 0.446 e. The summed E-state index contributed by atoms with van der Waals surface area (Å²) in [7, 11) is -9.74. The Bertz CT molecular complexity index is 985. The second-order valence-corrected chi connectivity index (χ2v) is 7.90. The molecule has 27 heavy (non-hydrogen) atoms. The molecule has 146 valence electrons. The van der Waals surface area contributed by atoms with E-state index in [0.29, 0.717) is 5.56 Å². The fraction of sp³-hybridized carbons (Fsp3) is 0.176. The van der Waals surface area contributed by atoms with E-state index in [1.54, 1.807) is 26.0 Å². The van der Waals surface area contributed by atoms with E-state index in [0.717, 1.165) is 5.56 Å². The Morgan fingerprint density at radius 3 is 1.67 bits per heavy atom. The molecule has 0 saturated heterocycles. The van der Waals surface area contributed by atoms with Crippen molar-refractivity contribution < 1.29 is 34.3 Å². The topological polar surface area (TPSA) is 127 Å². The fourth-order valence-corrected chi connectivity index (χ4v) is 3.14. The van der Waals surface area contributed by atoms with E-state index in [1.165, 1.54) is 12.1 Å². The number of hydrogen-bond acceptors (Lipinski definition) is 6. The molecule has 0 saturated carbocycles. The van der Waals surface area contributed by atoms with Crippen LogP contribution in [0.4, 0.5) is 0 Å². The van der Waals surface area contributed by atoms with Gasteiger partial charge in [-0.1, -0.05) is 56.3 Å². The van der Waals surface area contributed by atoms with Crippen LogP contribution in [-0.4, -0.2) is 25.9 Å². The minimum atomic E-state index is -4.87. The summed E-state index contributed by atoms with van der Waals surface area (Å²) in [6.07, 6.45) is 3.26. The highest BCUT2D eigenvalue weighted by Crippen LogP contribution is 2.38. The normalized spacial score (nSPS) is 12.5. The highest BCUT2D eigenvalue weighted by atomic mass is 32.3. The molecule has 8 nitrogen and oxygen atoms in total. The van der Waals surface area contributed by atoms with Gasteiger partial charge in [0.05, 0.1) is 0 Å². The molecule has 2 N–H and O–H groups in total. The molecule has 2 aromatic rings. The summed E-state index contributed by atoms with van der Waals surface area (Å²) in [5.74, 6) is -1.09. The Morgan fingerprint density at radius 1 is 0.815 bits per heavy atom. The van der Waals surface area contributed by atoms with Crippen molar-refractivity contribution in [1.82, 2.24) is 0 Å². The van der Waals surface area contributed by atoms with Crippen molar-refractivity contribution in [3.05, 3.63) is 59.2 Å². The van der Waals surface area contributed by atoms with Crippen molar-refractivity contribution in [2.75, 3.05) is 0 Å². The average Bonchev–Trinajstić information content (AvgIpc) is 2.50. The maximum absolute atomic E-state index is 11.2. The lowest BCUT2D eigenvalue weighted by Gasteiger charge is -2.17. The molecule has 0 amide bonds. The zero-order valence-electron chi connectivity index (χ0n) is 14.4. The lowest BCUT2D eigenvalue weighted by atomic mass is 9.98. The predicted molar refractivity (Wildman–Crippen MR) is 100 cm³/mol. The Balaban J connectivity index is 2.62. The van der Waals surface area contributed by atoms with Crippen LogP contribution in [0.15, 0.2) is 42.5 Å². The van der Waals surface area contributed by atoms with E-state index in [4.69, 9.17) is 9.11 Å². The minimum Gasteiger partial charge on any atom is -0.361 e. The SMILES string of the molecule is CC(C)c1c(OS(=O)(=O)O)cc(/C=C/c2ccccc2)cc1OS(=O)(=O)O. The molecule has 0 radical (unpaired) electrons. The van der Waals surface area contributed by atoms with Crippen molar-refractivity contribution in [2.45, 2.75) is 19.8 Å². The molecule has 0 aliphatic heterocycles. The van der Waals surface area contributed by atoms with Gasteiger partial charge < -0.3 is 8.37 Å². The second kappa shape index (κ2) is 8.09. The molecular formula is C17H18O8S2. The molecule has 0 atom stereocenters. The van der Waals surface area contributed by atoms with Crippen molar-refractivity contribution in [3.63, 3.8) is 0 Å². The van der Waals surface area contributed by atoms with Crippen molar-refractivity contribution in [2.24, 2.45) is 0 Å². The fourth-order valence-electron chi connectivity index (χ4n) is 2.41. The first-order chi connectivity index (χ1) is 12.4. The van der Waals surface area contributed by atoms with Gasteiger partial charge in [0.1, 0.15) is 0 Å². The summed E-state index contributed by atoms with van der Waals surface area (Å²) in [5.41, 5.74) is 1.20. The van der Waals surface area contributed by atoms with Crippen LogP contribution in [0, 0.1) is 0 Å². The summed E-state index contributed by atoms with van der Waals surface area (Å²) in [4.78, 5) is 0. The first-order valence-electron chi connectivity index (χ1n) is 7.69. The summed E-state index contributed by atoms with van der Waals surface area (Å²) in [6, 6.07) is 11.7. The Labute approximate surface area is 158 Å². The van der Waals surface area contributed by atoms with Gasteiger partial charge >= 0.3 is 20.8 Å². The van der Waals surface area contributed by atoms with Crippen LogP contribution < -0.4 is 8.37 Å². The van der Waals surface area contributed by atoms with Gasteiger partial charge in [-0.3, -0.25) is 9.11 Å². The molecule has 0 bridgehead atoms. The first kappa shape index (κ1) is 20.9. The van der Waals surface area contributed by atoms with E-state index in [9.17, 15) is 16.8 Å². The second-order valence-electron chi connectivity index (χ2n) is 5.85. The maximum atomic E-state index is 11.2. The van der Waals surface area contributed by atoms with Gasteiger partial charge in [0.25, 0.3) is 0 Å². The summed E-state index contributed by atoms with van der Waals surface area (Å²) >= 11 is 0. The average molecular weight is 414 g/mol. The Kier molecular flexibility index (Phi) is 6.26. The molecule has 10 heteroatoms. The van der Waals surface area contributed by atoms with E-state index in [2.05, 4.69) is 8.37 Å². The zero-order valence-corrected chi connectivity index (χ0v) is 16.1. The molecule has 0 aromatic heterocycles. The monoisotopic (exact) mass is 414 g/mol. The van der Waals surface area contributed by atoms with Crippen LogP contribution in [0.25, 0.3) is 12.2 Å². The van der Waals surface area contributed by atoms with E-state index in [-0.39, 0.29) is 17.1 Å². The third-order valence-corrected chi connectivity index (χ3v) is 4.14. The van der Waals surface area contributed by atoms with Gasteiger partial charge in [-0.15, -0.1) is 0 Å². The van der Waals surface area contributed by atoms with Crippen molar-refractivity contribution >= 4 is 33.0 Å². The molecule has 0 heterocycles. The van der Waals surface area contributed by atoms with E-state index in [1.807, 2.05) is 30.3 Å². The Hall–Kier alpha value is -2.40. The third kappa shape index (κ3) is 6.68. The van der Waals surface area contributed by atoms with Gasteiger partial charge in [0.15, 0.2) is 11.5 Å². The maximum Gasteiger partial charge on any atom is 0.446 e. The molecule has 2 rings (SSSR count). The number of benzene rings is 2. The van der Waals surface area contributed by atoms with Crippen molar-refractivity contribution in [1.29, 1.82) is 0 Å². The smallest absolute Gasteiger partial charge is 0.361 e. The Morgan fingerprint density at radius 2 is 1.26 bits per heavy atom. The quantitative estimate of drug-likeness (QED) is 0.522. The summed E-state index contributed by atoms with van der Waals surface area (Å²) < 4.78 is 71.9. The van der Waals surface area contributed by atoms with Gasteiger partial charge in [-0.25, -0.2) is 0 Å². The third-order valence-electron chi connectivity index (χ3n) is 3.36. The summed E-state index contributed by atoms with van der Waals surface area (Å²) in [6.45, 7) is 3.26.